The lowest BCUT2D eigenvalue weighted by molar-refractivity contribution is 0.229. The van der Waals surface area contributed by atoms with Gasteiger partial charge in [0.05, 0.1) is 12.7 Å². The summed E-state index contributed by atoms with van der Waals surface area (Å²) in [6.45, 7) is 9.09. The van der Waals surface area contributed by atoms with Gasteiger partial charge in [0.1, 0.15) is 11.5 Å². The molecule has 3 heteroatoms. The Balaban J connectivity index is 2.67. The van der Waals surface area contributed by atoms with E-state index in [-0.39, 0.29) is 6.10 Å². The molecular formula is C15H25NO2. The Bertz CT molecular complexity index is 360. The number of hydrogen-bond donors (Lipinski definition) is 1. The maximum absolute atomic E-state index is 5.85. The van der Waals surface area contributed by atoms with Gasteiger partial charge in [0, 0.05) is 23.9 Å². The molecule has 0 aliphatic rings. The molecule has 0 amide bonds. The summed E-state index contributed by atoms with van der Waals surface area (Å²) in [4.78, 5) is 0. The van der Waals surface area contributed by atoms with Crippen molar-refractivity contribution < 1.29 is 9.47 Å². The average molecular weight is 251 g/mol. The van der Waals surface area contributed by atoms with Gasteiger partial charge in [0.25, 0.3) is 0 Å². The fourth-order valence-corrected chi connectivity index (χ4v) is 1.76. The van der Waals surface area contributed by atoms with Crippen LogP contribution in [0.25, 0.3) is 0 Å². The van der Waals surface area contributed by atoms with Crippen LogP contribution in [0.1, 0.15) is 40.5 Å². The molecule has 102 valence electrons. The highest BCUT2D eigenvalue weighted by Crippen LogP contribution is 2.26. The van der Waals surface area contributed by atoms with Gasteiger partial charge in [-0.1, -0.05) is 26.7 Å². The van der Waals surface area contributed by atoms with Gasteiger partial charge >= 0.3 is 0 Å². The molecule has 0 unspecified atom stereocenters. The van der Waals surface area contributed by atoms with Gasteiger partial charge in [0.15, 0.2) is 0 Å². The summed E-state index contributed by atoms with van der Waals surface area (Å²) < 4.78 is 11.4. The summed E-state index contributed by atoms with van der Waals surface area (Å²) >= 11 is 0. The van der Waals surface area contributed by atoms with E-state index in [9.17, 15) is 0 Å². The normalized spacial score (nSPS) is 11.0. The van der Waals surface area contributed by atoms with Crippen LogP contribution < -0.4 is 15.2 Å². The Morgan fingerprint density at radius 1 is 1.06 bits per heavy atom. The maximum atomic E-state index is 5.85. The molecule has 0 saturated carbocycles. The Hall–Kier alpha value is -1.38. The average Bonchev–Trinajstić information content (AvgIpc) is 2.28. The Morgan fingerprint density at radius 2 is 1.67 bits per heavy atom. The molecule has 0 fully saturated rings. The summed E-state index contributed by atoms with van der Waals surface area (Å²) in [6.07, 6.45) is 2.40. The zero-order chi connectivity index (χ0) is 13.5. The Morgan fingerprint density at radius 3 is 2.22 bits per heavy atom. The van der Waals surface area contributed by atoms with Crippen LogP contribution in [0.5, 0.6) is 11.5 Å². The minimum atomic E-state index is 0.138. The standard InChI is InChI=1S/C15H25NO2/c1-5-12(6-2)10-17-14-7-13(16)8-15(9-14)18-11(3)4/h7-9,11-12H,5-6,10,16H2,1-4H3. The highest BCUT2D eigenvalue weighted by Gasteiger charge is 2.07. The second kappa shape index (κ2) is 7.14. The number of benzene rings is 1. The van der Waals surface area contributed by atoms with Crippen LogP contribution >= 0.6 is 0 Å². The molecule has 0 spiro atoms. The smallest absolute Gasteiger partial charge is 0.125 e. The van der Waals surface area contributed by atoms with Crippen LogP contribution in [0.4, 0.5) is 5.69 Å². The van der Waals surface area contributed by atoms with Gasteiger partial charge in [-0.25, -0.2) is 0 Å². The number of rotatable bonds is 7. The lowest BCUT2D eigenvalue weighted by Gasteiger charge is -2.16. The summed E-state index contributed by atoms with van der Waals surface area (Å²) in [5, 5.41) is 0. The topological polar surface area (TPSA) is 44.5 Å². The van der Waals surface area contributed by atoms with E-state index >= 15 is 0 Å². The first kappa shape index (κ1) is 14.7. The third-order valence-electron chi connectivity index (χ3n) is 2.91. The van der Waals surface area contributed by atoms with Gasteiger partial charge in [0.2, 0.25) is 0 Å². The molecule has 0 saturated heterocycles. The van der Waals surface area contributed by atoms with Crippen LogP contribution in [-0.2, 0) is 0 Å². The SMILES string of the molecule is CCC(CC)COc1cc(N)cc(OC(C)C)c1. The molecule has 0 bridgehead atoms. The quantitative estimate of drug-likeness (QED) is 0.748. The maximum Gasteiger partial charge on any atom is 0.125 e. The predicted octanol–water partition coefficient (Wildman–Crippen LogP) is 3.87. The molecule has 0 atom stereocenters. The molecule has 1 aromatic rings. The van der Waals surface area contributed by atoms with Gasteiger partial charge < -0.3 is 15.2 Å². The van der Waals surface area contributed by atoms with Gasteiger partial charge in [-0.05, 0) is 19.8 Å². The third kappa shape index (κ3) is 4.86. The molecule has 1 rings (SSSR count). The zero-order valence-corrected chi connectivity index (χ0v) is 11.9. The molecule has 0 heterocycles. The number of nitrogen functional groups attached to an aromatic ring is 1. The van der Waals surface area contributed by atoms with E-state index in [2.05, 4.69) is 13.8 Å². The summed E-state index contributed by atoms with van der Waals surface area (Å²) in [5.74, 6) is 2.16. The second-order valence-corrected chi connectivity index (χ2v) is 4.90. The molecule has 3 nitrogen and oxygen atoms in total. The lowest BCUT2D eigenvalue weighted by atomic mass is 10.1. The molecule has 18 heavy (non-hydrogen) atoms. The highest BCUT2D eigenvalue weighted by molar-refractivity contribution is 5.50. The molecule has 1 aromatic carbocycles. The third-order valence-corrected chi connectivity index (χ3v) is 2.91. The highest BCUT2D eigenvalue weighted by atomic mass is 16.5. The van der Waals surface area contributed by atoms with Crippen LogP contribution in [0.2, 0.25) is 0 Å². The summed E-state index contributed by atoms with van der Waals surface area (Å²) in [7, 11) is 0. The Labute approximate surface area is 110 Å². The fraction of sp³-hybridized carbons (Fsp3) is 0.600. The Kier molecular flexibility index (Phi) is 5.83. The van der Waals surface area contributed by atoms with E-state index in [0.29, 0.717) is 11.6 Å². The van der Waals surface area contributed by atoms with Crippen molar-refractivity contribution in [3.63, 3.8) is 0 Å². The number of anilines is 1. The van der Waals surface area contributed by atoms with Crippen LogP contribution in [0.15, 0.2) is 18.2 Å². The van der Waals surface area contributed by atoms with Crippen LogP contribution in [-0.4, -0.2) is 12.7 Å². The van der Waals surface area contributed by atoms with Crippen molar-refractivity contribution >= 4 is 5.69 Å². The molecule has 0 radical (unpaired) electrons. The van der Waals surface area contributed by atoms with Crippen LogP contribution in [0.3, 0.4) is 0 Å². The van der Waals surface area contributed by atoms with Crippen molar-refractivity contribution in [1.29, 1.82) is 0 Å². The van der Waals surface area contributed by atoms with E-state index in [1.165, 1.54) is 0 Å². The van der Waals surface area contributed by atoms with Crippen LogP contribution in [0, 0.1) is 5.92 Å². The molecule has 2 N–H and O–H groups in total. The second-order valence-electron chi connectivity index (χ2n) is 4.90. The number of hydrogen-bond acceptors (Lipinski definition) is 3. The molecular weight excluding hydrogens is 226 g/mol. The van der Waals surface area contributed by atoms with Crippen molar-refractivity contribution in [2.45, 2.75) is 46.6 Å². The minimum absolute atomic E-state index is 0.138. The monoisotopic (exact) mass is 251 g/mol. The van der Waals surface area contributed by atoms with E-state index in [1.54, 1.807) is 0 Å². The first-order valence-electron chi connectivity index (χ1n) is 6.75. The van der Waals surface area contributed by atoms with E-state index < -0.39 is 0 Å². The molecule has 0 aliphatic carbocycles. The largest absolute Gasteiger partial charge is 0.493 e. The first-order chi connectivity index (χ1) is 8.55. The predicted molar refractivity (Wildman–Crippen MR) is 76.2 cm³/mol. The van der Waals surface area contributed by atoms with Crippen molar-refractivity contribution in [1.82, 2.24) is 0 Å². The zero-order valence-electron chi connectivity index (χ0n) is 11.9. The van der Waals surface area contributed by atoms with E-state index in [4.69, 9.17) is 15.2 Å². The molecule has 0 aliphatic heterocycles. The van der Waals surface area contributed by atoms with Crippen molar-refractivity contribution in [3.8, 4) is 11.5 Å². The van der Waals surface area contributed by atoms with E-state index in [1.807, 2.05) is 32.0 Å². The van der Waals surface area contributed by atoms with Crippen molar-refractivity contribution in [2.24, 2.45) is 5.92 Å². The van der Waals surface area contributed by atoms with E-state index in [0.717, 1.165) is 30.9 Å². The minimum Gasteiger partial charge on any atom is -0.493 e. The first-order valence-corrected chi connectivity index (χ1v) is 6.75. The lowest BCUT2D eigenvalue weighted by Crippen LogP contribution is -2.11. The fourth-order valence-electron chi connectivity index (χ4n) is 1.76. The van der Waals surface area contributed by atoms with Crippen molar-refractivity contribution in [3.05, 3.63) is 18.2 Å². The van der Waals surface area contributed by atoms with Gasteiger partial charge in [-0.3, -0.25) is 0 Å². The number of ether oxygens (including phenoxy) is 2. The molecule has 0 aromatic heterocycles. The van der Waals surface area contributed by atoms with Crippen molar-refractivity contribution in [2.75, 3.05) is 12.3 Å². The van der Waals surface area contributed by atoms with Gasteiger partial charge in [-0.15, -0.1) is 0 Å². The summed E-state index contributed by atoms with van der Waals surface area (Å²) in [5.41, 5.74) is 6.52. The number of nitrogens with two attached hydrogens (primary N) is 1. The summed E-state index contributed by atoms with van der Waals surface area (Å²) in [6, 6.07) is 5.57. The van der Waals surface area contributed by atoms with Gasteiger partial charge in [-0.2, -0.15) is 0 Å².